The molecule has 1 nitrogen and oxygen atoms in total. The minimum absolute atomic E-state index is 0.0237. The van der Waals surface area contributed by atoms with Gasteiger partial charge in [-0.3, -0.25) is 0 Å². The maximum Gasteiger partial charge on any atom is 0.0543 e. The summed E-state index contributed by atoms with van der Waals surface area (Å²) in [6.07, 6.45) is 2.41. The van der Waals surface area contributed by atoms with Crippen LogP contribution in [0.1, 0.15) is 45.1 Å². The molecule has 1 aliphatic carbocycles. The Kier molecular flexibility index (Phi) is 6.78. The first-order chi connectivity index (χ1) is 27.9. The number of nitrogens with zero attached hydrogens (tertiary/aromatic N) is 1. The summed E-state index contributed by atoms with van der Waals surface area (Å²) in [4.78, 5) is 2.68. The molecule has 10 aromatic rings. The molecule has 2 aliphatic rings. The van der Waals surface area contributed by atoms with Crippen molar-refractivity contribution in [3.8, 4) is 33.4 Å². The van der Waals surface area contributed by atoms with Crippen LogP contribution in [0.4, 0.5) is 11.4 Å². The van der Waals surface area contributed by atoms with Crippen molar-refractivity contribution in [3.63, 3.8) is 0 Å². The van der Waals surface area contributed by atoms with E-state index in [0.29, 0.717) is 5.92 Å². The summed E-state index contributed by atoms with van der Waals surface area (Å²) in [5, 5.41) is 13.0. The minimum atomic E-state index is -0.0237. The molecule has 1 heteroatoms. The number of anilines is 2. The summed E-state index contributed by atoms with van der Waals surface area (Å²) < 4.78 is 0. The van der Waals surface area contributed by atoms with Crippen LogP contribution in [0.25, 0.3) is 87.2 Å². The maximum absolute atomic E-state index is 2.68. The van der Waals surface area contributed by atoms with Crippen LogP contribution in [0.5, 0.6) is 0 Å². The second kappa shape index (κ2) is 11.8. The van der Waals surface area contributed by atoms with Crippen molar-refractivity contribution in [1.29, 1.82) is 0 Å². The van der Waals surface area contributed by atoms with E-state index >= 15 is 0 Å². The van der Waals surface area contributed by atoms with Crippen LogP contribution in [0, 0.1) is 5.41 Å². The Morgan fingerprint density at radius 2 is 1.02 bits per heavy atom. The lowest BCUT2D eigenvalue weighted by Crippen LogP contribution is -2.50. The number of benzene rings is 10. The van der Waals surface area contributed by atoms with Gasteiger partial charge in [0.05, 0.1) is 5.54 Å². The van der Waals surface area contributed by atoms with Crippen molar-refractivity contribution in [1.82, 2.24) is 0 Å². The van der Waals surface area contributed by atoms with Crippen molar-refractivity contribution in [3.05, 3.63) is 181 Å². The van der Waals surface area contributed by atoms with Crippen LogP contribution in [0.3, 0.4) is 0 Å². The van der Waals surface area contributed by atoms with E-state index in [1.165, 1.54) is 117 Å². The standard InChI is InChI=1S/C56H43N/c1-55(2)32-31-51-50-33-38(25-30-52(50)57(56(51,55)3)39-17-5-4-6-18-39)48-34-49(43-22-12-16-36-14-8-10-20-41(36)43)47-27-24-37-23-26-44(45-28-29-46(48)54(47)53(37)45)42-21-11-15-35-13-7-9-19-40(35)42/h4-30,33-34,51H,31-32H2,1-3H3. The van der Waals surface area contributed by atoms with Gasteiger partial charge in [-0.05, 0) is 148 Å². The SMILES string of the molecule is CC1(C)CCC2c3cc(-c4cc(-c5cccc6ccccc56)c5ccc6ccc(-c7cccc8ccccc78)c7ccc4c5c67)ccc3N(c3ccccc3)C21C. The van der Waals surface area contributed by atoms with Gasteiger partial charge in [-0.2, -0.15) is 0 Å². The molecule has 0 radical (unpaired) electrons. The quantitative estimate of drug-likeness (QED) is 0.163. The average molecular weight is 730 g/mol. The fourth-order valence-corrected chi connectivity index (χ4v) is 11.4. The fourth-order valence-electron chi connectivity index (χ4n) is 11.4. The van der Waals surface area contributed by atoms with Gasteiger partial charge in [0.15, 0.2) is 0 Å². The van der Waals surface area contributed by atoms with Crippen LogP contribution in [0.15, 0.2) is 176 Å². The van der Waals surface area contributed by atoms with Gasteiger partial charge in [0.25, 0.3) is 0 Å². The molecular formula is C56H43N. The summed E-state index contributed by atoms with van der Waals surface area (Å²) >= 11 is 0. The van der Waals surface area contributed by atoms with Gasteiger partial charge in [-0.15, -0.1) is 0 Å². The molecule has 2 unspecified atom stereocenters. The van der Waals surface area contributed by atoms with Crippen molar-refractivity contribution >= 4 is 65.2 Å². The topological polar surface area (TPSA) is 3.24 Å². The van der Waals surface area contributed by atoms with Gasteiger partial charge in [-0.25, -0.2) is 0 Å². The zero-order valence-corrected chi connectivity index (χ0v) is 32.7. The second-order valence-electron chi connectivity index (χ2n) is 17.5. The van der Waals surface area contributed by atoms with Crippen LogP contribution >= 0.6 is 0 Å². The molecule has 0 amide bonds. The molecular weight excluding hydrogens is 687 g/mol. The van der Waals surface area contributed by atoms with Gasteiger partial charge in [0.1, 0.15) is 0 Å². The average Bonchev–Trinajstić information content (AvgIpc) is 3.66. The van der Waals surface area contributed by atoms with Gasteiger partial charge in [0.2, 0.25) is 0 Å². The zero-order chi connectivity index (χ0) is 38.0. The summed E-state index contributed by atoms with van der Waals surface area (Å²) in [6, 6.07) is 66.4. The molecule has 1 heterocycles. The molecule has 2 atom stereocenters. The lowest BCUT2D eigenvalue weighted by atomic mass is 9.72. The highest BCUT2D eigenvalue weighted by atomic mass is 15.3. The Hall–Kier alpha value is -6.44. The van der Waals surface area contributed by atoms with Crippen LogP contribution in [-0.4, -0.2) is 5.54 Å². The van der Waals surface area contributed by atoms with Crippen molar-refractivity contribution in [2.75, 3.05) is 4.90 Å². The van der Waals surface area contributed by atoms with Crippen LogP contribution in [-0.2, 0) is 0 Å². The first-order valence-electron chi connectivity index (χ1n) is 20.6. The van der Waals surface area contributed by atoms with Crippen molar-refractivity contribution in [2.24, 2.45) is 5.41 Å². The number of fused-ring (bicyclic) bond motifs is 5. The van der Waals surface area contributed by atoms with Gasteiger partial charge in [0, 0.05) is 17.3 Å². The number of para-hydroxylation sites is 1. The van der Waals surface area contributed by atoms with E-state index in [4.69, 9.17) is 0 Å². The third kappa shape index (κ3) is 4.46. The lowest BCUT2D eigenvalue weighted by molar-refractivity contribution is 0.222. The van der Waals surface area contributed by atoms with Gasteiger partial charge >= 0.3 is 0 Å². The largest absolute Gasteiger partial charge is 0.334 e. The minimum Gasteiger partial charge on any atom is -0.334 e. The third-order valence-corrected chi connectivity index (χ3v) is 14.5. The van der Waals surface area contributed by atoms with E-state index in [0.717, 1.165) is 0 Å². The fraction of sp³-hybridized carbons (Fsp3) is 0.143. The zero-order valence-electron chi connectivity index (χ0n) is 32.7. The first-order valence-corrected chi connectivity index (χ1v) is 20.6. The normalized spacial score (nSPS) is 18.6. The maximum atomic E-state index is 2.68. The smallest absolute Gasteiger partial charge is 0.0543 e. The molecule has 272 valence electrons. The van der Waals surface area contributed by atoms with E-state index in [1.54, 1.807) is 0 Å². The number of rotatable bonds is 4. The molecule has 57 heavy (non-hydrogen) atoms. The highest BCUT2D eigenvalue weighted by molar-refractivity contribution is 6.31. The molecule has 0 saturated heterocycles. The third-order valence-electron chi connectivity index (χ3n) is 14.5. The summed E-state index contributed by atoms with van der Waals surface area (Å²) in [5.41, 5.74) is 12.0. The highest BCUT2D eigenvalue weighted by Gasteiger charge is 2.60. The van der Waals surface area contributed by atoms with E-state index in [-0.39, 0.29) is 11.0 Å². The predicted octanol–water partition coefficient (Wildman–Crippen LogP) is 15.7. The Morgan fingerprint density at radius 3 is 1.75 bits per heavy atom. The van der Waals surface area contributed by atoms with Crippen molar-refractivity contribution < 1.29 is 0 Å². The van der Waals surface area contributed by atoms with E-state index in [9.17, 15) is 0 Å². The molecule has 1 saturated carbocycles. The Labute approximate surface area is 334 Å². The van der Waals surface area contributed by atoms with E-state index < -0.39 is 0 Å². The Morgan fingerprint density at radius 1 is 0.439 bits per heavy atom. The molecule has 0 bridgehead atoms. The molecule has 1 aliphatic heterocycles. The van der Waals surface area contributed by atoms with Crippen LogP contribution < -0.4 is 4.90 Å². The first kappa shape index (κ1) is 32.8. The molecule has 12 rings (SSSR count). The van der Waals surface area contributed by atoms with Gasteiger partial charge < -0.3 is 4.90 Å². The molecule has 1 fully saturated rings. The molecule has 0 spiro atoms. The molecule has 10 aromatic carbocycles. The Bertz CT molecular complexity index is 3230. The lowest BCUT2D eigenvalue weighted by Gasteiger charge is -2.47. The van der Waals surface area contributed by atoms with E-state index in [1.807, 2.05) is 0 Å². The summed E-state index contributed by atoms with van der Waals surface area (Å²) in [6.45, 7) is 7.50. The summed E-state index contributed by atoms with van der Waals surface area (Å²) in [7, 11) is 0. The van der Waals surface area contributed by atoms with Crippen molar-refractivity contribution in [2.45, 2.75) is 45.1 Å². The second-order valence-corrected chi connectivity index (χ2v) is 17.5. The Balaban J connectivity index is 1.16. The number of hydrogen-bond donors (Lipinski definition) is 0. The molecule has 0 N–H and O–H groups in total. The molecule has 0 aromatic heterocycles. The van der Waals surface area contributed by atoms with E-state index in [2.05, 4.69) is 202 Å². The predicted molar refractivity (Wildman–Crippen MR) is 244 cm³/mol. The monoisotopic (exact) mass is 729 g/mol. The van der Waals surface area contributed by atoms with Crippen LogP contribution in [0.2, 0.25) is 0 Å². The summed E-state index contributed by atoms with van der Waals surface area (Å²) in [5.74, 6) is 0.447. The van der Waals surface area contributed by atoms with Gasteiger partial charge in [-0.1, -0.05) is 159 Å². The number of hydrogen-bond acceptors (Lipinski definition) is 1. The highest BCUT2D eigenvalue weighted by Crippen LogP contribution is 2.66.